The van der Waals surface area contributed by atoms with Crippen molar-refractivity contribution in [1.29, 1.82) is 0 Å². The van der Waals surface area contributed by atoms with Crippen molar-refractivity contribution in [1.82, 2.24) is 23.8 Å². The third kappa shape index (κ3) is 3.18. The Morgan fingerprint density at radius 2 is 2.07 bits per heavy atom. The number of benzene rings is 1. The molecule has 1 fully saturated rings. The molecule has 1 atom stereocenters. The summed E-state index contributed by atoms with van der Waals surface area (Å²) >= 11 is 0. The Morgan fingerprint density at radius 1 is 1.26 bits per heavy atom. The number of carbonyl (C=O) groups excluding carboxylic acids is 1. The van der Waals surface area contributed by atoms with Gasteiger partial charge in [0.25, 0.3) is 0 Å². The molecular weight excluding hydrogens is 342 g/mol. The molecule has 0 aliphatic carbocycles. The molecule has 27 heavy (non-hydrogen) atoms. The average molecular weight is 367 g/mol. The van der Waals surface area contributed by atoms with Crippen molar-refractivity contribution < 1.29 is 4.79 Å². The summed E-state index contributed by atoms with van der Waals surface area (Å²) in [5.74, 6) is 1.02. The van der Waals surface area contributed by atoms with Gasteiger partial charge < -0.3 is 9.47 Å². The molecule has 3 heterocycles. The lowest BCUT2D eigenvalue weighted by Crippen LogP contribution is -2.41. The zero-order valence-corrected chi connectivity index (χ0v) is 15.8. The van der Waals surface area contributed by atoms with E-state index >= 15 is 0 Å². The molecule has 0 saturated carbocycles. The van der Waals surface area contributed by atoms with Crippen LogP contribution in [0.1, 0.15) is 31.5 Å². The van der Waals surface area contributed by atoms with E-state index in [1.165, 1.54) is 4.68 Å². The van der Waals surface area contributed by atoms with Crippen molar-refractivity contribution in [2.24, 2.45) is 7.05 Å². The van der Waals surface area contributed by atoms with Gasteiger partial charge in [0.15, 0.2) is 0 Å². The first kappa shape index (κ1) is 17.6. The molecule has 4 rings (SSSR count). The van der Waals surface area contributed by atoms with Gasteiger partial charge in [0, 0.05) is 44.3 Å². The highest BCUT2D eigenvalue weighted by atomic mass is 16.2. The van der Waals surface area contributed by atoms with Crippen LogP contribution in [0, 0.1) is 0 Å². The molecule has 3 aromatic rings. The fraction of sp³-hybridized carbons (Fsp3) is 0.450. The van der Waals surface area contributed by atoms with Crippen LogP contribution in [0.4, 0.5) is 0 Å². The number of hydrogen-bond acceptors (Lipinski definition) is 3. The number of piperidine rings is 1. The number of nitrogens with zero attached hydrogens (tertiary/aromatic N) is 5. The van der Waals surface area contributed by atoms with Crippen LogP contribution < -0.4 is 5.69 Å². The minimum Gasteiger partial charge on any atom is -0.340 e. The normalized spacial score (nSPS) is 17.6. The van der Waals surface area contributed by atoms with Gasteiger partial charge >= 0.3 is 5.69 Å². The Bertz CT molecular complexity index is 1030. The predicted octanol–water partition coefficient (Wildman–Crippen LogP) is 1.96. The fourth-order valence-corrected chi connectivity index (χ4v) is 4.06. The van der Waals surface area contributed by atoms with Crippen molar-refractivity contribution in [3.8, 4) is 0 Å². The molecule has 2 aromatic heterocycles. The highest BCUT2D eigenvalue weighted by Gasteiger charge is 2.29. The number of likely N-dealkylation sites (tertiary alicyclic amines) is 1. The quantitative estimate of drug-likeness (QED) is 0.708. The number of amides is 1. The average Bonchev–Trinajstić information content (AvgIpc) is 3.23. The van der Waals surface area contributed by atoms with Gasteiger partial charge in [-0.2, -0.15) is 5.10 Å². The van der Waals surface area contributed by atoms with Gasteiger partial charge in [-0.15, -0.1) is 0 Å². The maximum atomic E-state index is 12.9. The molecule has 142 valence electrons. The highest BCUT2D eigenvalue weighted by Crippen LogP contribution is 2.25. The minimum absolute atomic E-state index is 0.0882. The molecule has 0 radical (unpaired) electrons. The third-order valence-corrected chi connectivity index (χ3v) is 5.48. The number of fused-ring (bicyclic) bond motifs is 1. The van der Waals surface area contributed by atoms with Gasteiger partial charge in [0.2, 0.25) is 5.91 Å². The molecule has 1 aliphatic heterocycles. The zero-order chi connectivity index (χ0) is 19.0. The van der Waals surface area contributed by atoms with E-state index in [0.29, 0.717) is 19.6 Å². The summed E-state index contributed by atoms with van der Waals surface area (Å²) in [6.07, 6.45) is 3.85. The second kappa shape index (κ2) is 7.06. The summed E-state index contributed by atoms with van der Waals surface area (Å²) < 4.78 is 5.12. The second-order valence-electron chi connectivity index (χ2n) is 7.19. The first-order valence-electron chi connectivity index (χ1n) is 9.54. The molecular formula is C20H25N5O2. The molecule has 1 saturated heterocycles. The Morgan fingerprint density at radius 3 is 2.89 bits per heavy atom. The molecule has 1 amide bonds. The van der Waals surface area contributed by atoms with E-state index in [9.17, 15) is 9.59 Å². The van der Waals surface area contributed by atoms with Crippen LogP contribution in [-0.4, -0.2) is 42.8 Å². The van der Waals surface area contributed by atoms with Gasteiger partial charge in [0.05, 0.1) is 0 Å². The van der Waals surface area contributed by atoms with Crippen LogP contribution in [0.15, 0.2) is 41.3 Å². The lowest BCUT2D eigenvalue weighted by molar-refractivity contribution is -0.133. The molecule has 0 spiro atoms. The second-order valence-corrected chi connectivity index (χ2v) is 7.19. The summed E-state index contributed by atoms with van der Waals surface area (Å²) in [4.78, 5) is 27.0. The first-order chi connectivity index (χ1) is 13.1. The Labute approximate surface area is 157 Å². The van der Waals surface area contributed by atoms with E-state index in [0.717, 1.165) is 36.1 Å². The van der Waals surface area contributed by atoms with Crippen molar-refractivity contribution in [2.75, 3.05) is 13.1 Å². The molecule has 0 N–H and O–H groups in total. The summed E-state index contributed by atoms with van der Waals surface area (Å²) in [6, 6.07) is 10.1. The molecule has 1 unspecified atom stereocenters. The van der Waals surface area contributed by atoms with Crippen LogP contribution in [0.25, 0.3) is 10.9 Å². The van der Waals surface area contributed by atoms with E-state index in [1.807, 2.05) is 46.9 Å². The highest BCUT2D eigenvalue weighted by molar-refractivity contribution is 5.83. The predicted molar refractivity (Wildman–Crippen MR) is 104 cm³/mol. The lowest BCUT2D eigenvalue weighted by Gasteiger charge is -2.32. The Balaban J connectivity index is 1.52. The number of rotatable bonds is 4. The largest absolute Gasteiger partial charge is 0.345 e. The Hall–Kier alpha value is -2.83. The van der Waals surface area contributed by atoms with Crippen LogP contribution in [0.2, 0.25) is 0 Å². The number of aryl methyl sites for hydroxylation is 1. The smallest absolute Gasteiger partial charge is 0.340 e. The van der Waals surface area contributed by atoms with Gasteiger partial charge in [-0.05, 0) is 37.3 Å². The number of aromatic nitrogens is 4. The van der Waals surface area contributed by atoms with Gasteiger partial charge in [0.1, 0.15) is 12.4 Å². The van der Waals surface area contributed by atoms with Crippen LogP contribution in [0.5, 0.6) is 0 Å². The van der Waals surface area contributed by atoms with E-state index in [4.69, 9.17) is 0 Å². The van der Waals surface area contributed by atoms with E-state index in [2.05, 4.69) is 11.2 Å². The Kier molecular flexibility index (Phi) is 4.59. The molecule has 1 aromatic carbocycles. The number of hydrogen-bond donors (Lipinski definition) is 0. The van der Waals surface area contributed by atoms with Gasteiger partial charge in [-0.1, -0.05) is 18.2 Å². The van der Waals surface area contributed by atoms with E-state index < -0.39 is 0 Å². The fourth-order valence-electron chi connectivity index (χ4n) is 4.06. The van der Waals surface area contributed by atoms with E-state index in [-0.39, 0.29) is 17.5 Å². The summed E-state index contributed by atoms with van der Waals surface area (Å²) in [5.41, 5.74) is 0.985. The summed E-state index contributed by atoms with van der Waals surface area (Å²) in [5, 5.41) is 5.58. The number of carbonyl (C=O) groups is 1. The number of para-hydroxylation sites is 1. The van der Waals surface area contributed by atoms with Gasteiger partial charge in [-0.25, -0.2) is 9.48 Å². The molecule has 7 heteroatoms. The zero-order valence-electron chi connectivity index (χ0n) is 15.8. The van der Waals surface area contributed by atoms with Crippen LogP contribution in [-0.2, 0) is 24.9 Å². The first-order valence-corrected chi connectivity index (χ1v) is 9.54. The summed E-state index contributed by atoms with van der Waals surface area (Å²) in [7, 11) is 1.68. The maximum absolute atomic E-state index is 12.9. The van der Waals surface area contributed by atoms with Crippen molar-refractivity contribution in [3.63, 3.8) is 0 Å². The summed E-state index contributed by atoms with van der Waals surface area (Å²) in [6.45, 7) is 4.27. The van der Waals surface area contributed by atoms with Crippen LogP contribution >= 0.6 is 0 Å². The third-order valence-electron chi connectivity index (χ3n) is 5.48. The monoisotopic (exact) mass is 367 g/mol. The standard InChI is InChI=1S/C20H25N5O2/c1-3-25-19(21-22(2)20(25)27)16-8-6-11-24(13-16)18(26)14-23-12-10-15-7-4-5-9-17(15)23/h4-5,7,9-10,12,16H,3,6,8,11,13-14H2,1-2H3. The van der Waals surface area contributed by atoms with Gasteiger partial charge in [-0.3, -0.25) is 9.36 Å². The van der Waals surface area contributed by atoms with Crippen molar-refractivity contribution in [2.45, 2.75) is 38.8 Å². The van der Waals surface area contributed by atoms with Crippen LogP contribution in [0.3, 0.4) is 0 Å². The van der Waals surface area contributed by atoms with Crippen molar-refractivity contribution in [3.05, 3.63) is 52.8 Å². The lowest BCUT2D eigenvalue weighted by atomic mass is 9.97. The molecule has 1 aliphatic rings. The van der Waals surface area contributed by atoms with E-state index in [1.54, 1.807) is 11.6 Å². The van der Waals surface area contributed by atoms with Crippen molar-refractivity contribution >= 4 is 16.8 Å². The SMILES string of the molecule is CCn1c(C2CCCN(C(=O)Cn3ccc4ccccc43)C2)nn(C)c1=O. The maximum Gasteiger partial charge on any atom is 0.345 e. The molecule has 7 nitrogen and oxygen atoms in total. The molecule has 0 bridgehead atoms. The minimum atomic E-state index is -0.0882. The topological polar surface area (TPSA) is 65.1 Å².